The molecule has 5 heteroatoms. The molecule has 19 heavy (non-hydrogen) atoms. The molecule has 0 spiro atoms. The van der Waals surface area contributed by atoms with E-state index in [0.717, 1.165) is 39.3 Å². The summed E-state index contributed by atoms with van der Waals surface area (Å²) in [5, 5.41) is 8.67. The van der Waals surface area contributed by atoms with Crippen LogP contribution in [0.5, 0.6) is 0 Å². The average Bonchev–Trinajstić information content (AvgIpc) is 2.46. The third-order valence-electron chi connectivity index (χ3n) is 2.83. The number of halogens is 1. The van der Waals surface area contributed by atoms with Crippen LogP contribution in [0.25, 0.3) is 0 Å². The summed E-state index contributed by atoms with van der Waals surface area (Å²) >= 11 is 0. The van der Waals surface area contributed by atoms with Gasteiger partial charge in [-0.05, 0) is 18.1 Å². The highest BCUT2D eigenvalue weighted by atomic mass is 19.1. The second kappa shape index (κ2) is 6.84. The van der Waals surface area contributed by atoms with Gasteiger partial charge in [0.05, 0.1) is 13.2 Å². The van der Waals surface area contributed by atoms with Gasteiger partial charge in [0, 0.05) is 26.1 Å². The van der Waals surface area contributed by atoms with E-state index in [4.69, 9.17) is 10.00 Å². The van der Waals surface area contributed by atoms with Crippen molar-refractivity contribution in [2.75, 3.05) is 32.8 Å². The van der Waals surface area contributed by atoms with Gasteiger partial charge in [0.25, 0.3) is 0 Å². The molecule has 1 saturated heterocycles. The highest BCUT2D eigenvalue weighted by Crippen LogP contribution is 2.04. The minimum absolute atomic E-state index is 0.208. The van der Waals surface area contributed by atoms with Crippen LogP contribution in [-0.4, -0.2) is 42.7 Å². The van der Waals surface area contributed by atoms with E-state index < -0.39 is 5.82 Å². The van der Waals surface area contributed by atoms with Gasteiger partial charge in [-0.15, -0.1) is 0 Å². The van der Waals surface area contributed by atoms with Gasteiger partial charge in [-0.3, -0.25) is 4.90 Å². The topological polar surface area (TPSA) is 49.2 Å². The van der Waals surface area contributed by atoms with E-state index in [9.17, 15) is 4.39 Å². The van der Waals surface area contributed by atoms with Gasteiger partial charge in [0.1, 0.15) is 11.8 Å². The van der Waals surface area contributed by atoms with Crippen molar-refractivity contribution >= 4 is 0 Å². The molecule has 0 aliphatic carbocycles. The fourth-order valence-corrected chi connectivity index (χ4v) is 1.78. The van der Waals surface area contributed by atoms with Crippen LogP contribution in [-0.2, 0) is 4.74 Å². The lowest BCUT2D eigenvalue weighted by Crippen LogP contribution is -2.36. The highest BCUT2D eigenvalue weighted by Gasteiger charge is 2.08. The number of hydrogen-bond acceptors (Lipinski definition) is 4. The van der Waals surface area contributed by atoms with Crippen LogP contribution in [0.2, 0.25) is 0 Å². The maximum absolute atomic E-state index is 13.0. The summed E-state index contributed by atoms with van der Waals surface area (Å²) in [5.41, 5.74) is 0.222. The Morgan fingerprint density at radius 1 is 1.37 bits per heavy atom. The molecule has 4 nitrogen and oxygen atoms in total. The van der Waals surface area contributed by atoms with Gasteiger partial charge in [0.2, 0.25) is 0 Å². The standard InChI is InChI=1S/C14H14FN3O/c15-13-5-4-12(17-14(13)11-16)3-1-2-6-18-7-9-19-10-8-18/h4-5H,2,6-10H2. The third kappa shape index (κ3) is 4.03. The largest absolute Gasteiger partial charge is 0.379 e. The van der Waals surface area contributed by atoms with E-state index in [-0.39, 0.29) is 5.69 Å². The molecule has 1 fully saturated rings. The highest BCUT2D eigenvalue weighted by molar-refractivity contribution is 5.33. The summed E-state index contributed by atoms with van der Waals surface area (Å²) in [5.74, 6) is 5.23. The van der Waals surface area contributed by atoms with Crippen molar-refractivity contribution in [2.24, 2.45) is 0 Å². The summed E-state index contributed by atoms with van der Waals surface area (Å²) in [6.07, 6.45) is 0.723. The van der Waals surface area contributed by atoms with Gasteiger partial charge in [0.15, 0.2) is 11.5 Å². The number of rotatable bonds is 2. The normalized spacial score (nSPS) is 15.4. The molecule has 98 valence electrons. The lowest BCUT2D eigenvalue weighted by atomic mass is 10.3. The Morgan fingerprint density at radius 2 is 2.16 bits per heavy atom. The smallest absolute Gasteiger partial charge is 0.177 e. The minimum atomic E-state index is -0.610. The molecule has 0 amide bonds. The SMILES string of the molecule is N#Cc1nc(C#CCCN2CCOCC2)ccc1F. The second-order valence-corrected chi connectivity index (χ2v) is 4.14. The van der Waals surface area contributed by atoms with Crippen LogP contribution in [0.1, 0.15) is 17.8 Å². The Labute approximate surface area is 111 Å². The Bertz CT molecular complexity index is 536. The van der Waals surface area contributed by atoms with Crippen molar-refractivity contribution in [3.63, 3.8) is 0 Å². The Kier molecular flexibility index (Phi) is 4.85. The second-order valence-electron chi connectivity index (χ2n) is 4.14. The summed E-state index contributed by atoms with van der Waals surface area (Å²) in [7, 11) is 0. The first kappa shape index (κ1) is 13.5. The lowest BCUT2D eigenvalue weighted by molar-refractivity contribution is 0.0390. The summed E-state index contributed by atoms with van der Waals surface area (Å²) in [6, 6.07) is 4.41. The lowest BCUT2D eigenvalue weighted by Gasteiger charge is -2.25. The molecule has 2 heterocycles. The molecule has 0 N–H and O–H groups in total. The predicted molar refractivity (Wildman–Crippen MR) is 67.7 cm³/mol. The summed E-state index contributed by atoms with van der Waals surface area (Å²) < 4.78 is 18.3. The number of hydrogen-bond donors (Lipinski definition) is 0. The number of pyridine rings is 1. The Hall–Kier alpha value is -1.95. The van der Waals surface area contributed by atoms with E-state index in [1.807, 2.05) is 0 Å². The van der Waals surface area contributed by atoms with E-state index in [1.54, 1.807) is 6.07 Å². The molecule has 1 aromatic rings. The number of nitriles is 1. The fraction of sp³-hybridized carbons (Fsp3) is 0.429. The van der Waals surface area contributed by atoms with Gasteiger partial charge in [-0.25, -0.2) is 9.37 Å². The maximum Gasteiger partial charge on any atom is 0.177 e. The van der Waals surface area contributed by atoms with Crippen LogP contribution < -0.4 is 0 Å². The monoisotopic (exact) mass is 259 g/mol. The first-order chi connectivity index (χ1) is 9.29. The van der Waals surface area contributed by atoms with E-state index in [1.165, 1.54) is 12.1 Å². The molecule has 0 bridgehead atoms. The zero-order valence-corrected chi connectivity index (χ0v) is 10.5. The minimum Gasteiger partial charge on any atom is -0.379 e. The molecule has 0 unspecified atom stereocenters. The third-order valence-corrected chi connectivity index (χ3v) is 2.83. The van der Waals surface area contributed by atoms with Crippen molar-refractivity contribution in [1.82, 2.24) is 9.88 Å². The average molecular weight is 259 g/mol. The van der Waals surface area contributed by atoms with Crippen molar-refractivity contribution < 1.29 is 9.13 Å². The van der Waals surface area contributed by atoms with Crippen molar-refractivity contribution in [3.8, 4) is 17.9 Å². The number of morpholine rings is 1. The Morgan fingerprint density at radius 3 is 2.89 bits per heavy atom. The van der Waals surface area contributed by atoms with Crippen LogP contribution in [0, 0.1) is 29.0 Å². The molecule has 1 aliphatic rings. The molecule has 1 aliphatic heterocycles. The molecule has 1 aromatic heterocycles. The first-order valence-electron chi connectivity index (χ1n) is 6.15. The molecule has 2 rings (SSSR count). The molecule has 0 saturated carbocycles. The molecule has 0 aromatic carbocycles. The molecular formula is C14H14FN3O. The van der Waals surface area contributed by atoms with E-state index in [2.05, 4.69) is 21.7 Å². The van der Waals surface area contributed by atoms with Gasteiger partial charge in [-0.2, -0.15) is 5.26 Å². The number of ether oxygens (including phenoxy) is 1. The first-order valence-corrected chi connectivity index (χ1v) is 6.15. The number of aromatic nitrogens is 1. The Balaban J connectivity index is 1.87. The predicted octanol–water partition coefficient (Wildman–Crippen LogP) is 1.17. The van der Waals surface area contributed by atoms with E-state index >= 15 is 0 Å². The van der Waals surface area contributed by atoms with Crippen LogP contribution in [0.15, 0.2) is 12.1 Å². The summed E-state index contributed by atoms with van der Waals surface area (Å²) in [6.45, 7) is 4.32. The molecular weight excluding hydrogens is 245 g/mol. The van der Waals surface area contributed by atoms with E-state index in [0.29, 0.717) is 5.69 Å². The van der Waals surface area contributed by atoms with Crippen molar-refractivity contribution in [1.29, 1.82) is 5.26 Å². The van der Waals surface area contributed by atoms with Crippen LogP contribution in [0.3, 0.4) is 0 Å². The molecule has 0 radical (unpaired) electrons. The zero-order valence-electron chi connectivity index (χ0n) is 10.5. The molecule has 0 atom stereocenters. The van der Waals surface area contributed by atoms with Gasteiger partial charge in [-0.1, -0.05) is 5.92 Å². The summed E-state index contributed by atoms with van der Waals surface area (Å²) in [4.78, 5) is 6.12. The van der Waals surface area contributed by atoms with Crippen molar-refractivity contribution in [3.05, 3.63) is 29.3 Å². The maximum atomic E-state index is 13.0. The van der Waals surface area contributed by atoms with Crippen molar-refractivity contribution in [2.45, 2.75) is 6.42 Å². The quantitative estimate of drug-likeness (QED) is 0.748. The van der Waals surface area contributed by atoms with Crippen LogP contribution >= 0.6 is 0 Å². The van der Waals surface area contributed by atoms with Gasteiger partial charge < -0.3 is 4.74 Å². The van der Waals surface area contributed by atoms with Gasteiger partial charge >= 0.3 is 0 Å². The fourth-order valence-electron chi connectivity index (χ4n) is 1.78. The number of nitrogens with zero attached hydrogens (tertiary/aromatic N) is 3. The zero-order chi connectivity index (χ0) is 13.5. The van der Waals surface area contributed by atoms with Crippen LogP contribution in [0.4, 0.5) is 4.39 Å².